The van der Waals surface area contributed by atoms with Crippen LogP contribution in [0.15, 0.2) is 65.6 Å². The Kier molecular flexibility index (Phi) is 6.90. The second-order valence-electron chi connectivity index (χ2n) is 10.1. The molecule has 2 N–H and O–H groups in total. The molecule has 2 fully saturated rings. The number of benzene rings is 1. The number of piperidine rings is 1. The van der Waals surface area contributed by atoms with Gasteiger partial charge in [0.15, 0.2) is 0 Å². The minimum atomic E-state index is -0.580. The molecule has 3 aromatic rings. The Morgan fingerprint density at radius 2 is 1.81 bits per heavy atom. The fourth-order valence-electron chi connectivity index (χ4n) is 5.69. The molecule has 36 heavy (non-hydrogen) atoms. The number of fused-ring (bicyclic) bond motifs is 1. The molecule has 3 heterocycles. The first-order valence-electron chi connectivity index (χ1n) is 12.8. The first-order valence-corrected chi connectivity index (χ1v) is 12.8. The van der Waals surface area contributed by atoms with Crippen molar-refractivity contribution in [2.24, 2.45) is 0 Å². The van der Waals surface area contributed by atoms with Gasteiger partial charge in [0.25, 0.3) is 11.5 Å². The van der Waals surface area contributed by atoms with Crippen molar-refractivity contribution in [3.05, 3.63) is 87.8 Å². The third-order valence-corrected chi connectivity index (χ3v) is 7.89. The van der Waals surface area contributed by atoms with Crippen LogP contribution in [0.4, 0.5) is 0 Å². The zero-order valence-electron chi connectivity index (χ0n) is 20.4. The number of amides is 1. The Morgan fingerprint density at radius 1 is 1.08 bits per heavy atom. The number of hydrogen-bond acceptors (Lipinski definition) is 5. The van der Waals surface area contributed by atoms with Gasteiger partial charge < -0.3 is 10.4 Å². The number of aliphatic hydroxyl groups excluding tert-OH is 1. The van der Waals surface area contributed by atoms with E-state index in [1.807, 2.05) is 42.5 Å². The number of nitriles is 1. The third kappa shape index (κ3) is 4.67. The minimum Gasteiger partial charge on any atom is -0.391 e. The summed E-state index contributed by atoms with van der Waals surface area (Å²) >= 11 is 0. The molecule has 2 atom stereocenters. The van der Waals surface area contributed by atoms with Crippen molar-refractivity contribution in [1.82, 2.24) is 14.6 Å². The smallest absolute Gasteiger partial charge is 0.267 e. The monoisotopic (exact) mass is 484 g/mol. The molecule has 1 saturated carbocycles. The summed E-state index contributed by atoms with van der Waals surface area (Å²) in [5.74, 6) is -0.434. The Hall–Kier alpha value is -3.47. The van der Waals surface area contributed by atoms with Crippen LogP contribution in [-0.2, 0) is 12.0 Å². The molecule has 1 amide bonds. The molecule has 7 heteroatoms. The maximum Gasteiger partial charge on any atom is 0.267 e. The van der Waals surface area contributed by atoms with E-state index in [-0.39, 0.29) is 17.2 Å². The molecule has 5 rings (SSSR count). The molecule has 7 nitrogen and oxygen atoms in total. The molecule has 0 radical (unpaired) electrons. The molecular weight excluding hydrogens is 452 g/mol. The number of aliphatic hydroxyl groups is 1. The van der Waals surface area contributed by atoms with Gasteiger partial charge in [0.2, 0.25) is 0 Å². The van der Waals surface area contributed by atoms with Crippen molar-refractivity contribution in [2.45, 2.75) is 62.6 Å². The van der Waals surface area contributed by atoms with Gasteiger partial charge in [-0.05, 0) is 55.0 Å². The average Bonchev–Trinajstić information content (AvgIpc) is 2.92. The highest BCUT2D eigenvalue weighted by atomic mass is 16.3. The minimum absolute atomic E-state index is 0.0964. The van der Waals surface area contributed by atoms with Crippen molar-refractivity contribution in [3.63, 3.8) is 0 Å². The number of carbonyl (C=O) groups excluding carboxylic acids is 1. The van der Waals surface area contributed by atoms with E-state index < -0.39 is 17.4 Å². The van der Waals surface area contributed by atoms with Gasteiger partial charge in [-0.15, -0.1) is 0 Å². The molecule has 1 aromatic carbocycles. The number of nitrogens with zero attached hydrogens (tertiary/aromatic N) is 3. The molecule has 0 unspecified atom stereocenters. The Labute approximate surface area is 211 Å². The first kappa shape index (κ1) is 24.2. The fourth-order valence-corrected chi connectivity index (χ4v) is 5.69. The van der Waals surface area contributed by atoms with E-state index >= 15 is 0 Å². The van der Waals surface area contributed by atoms with Gasteiger partial charge in [-0.1, -0.05) is 49.2 Å². The largest absolute Gasteiger partial charge is 0.391 e. The molecule has 0 bridgehead atoms. The second-order valence-corrected chi connectivity index (χ2v) is 10.1. The average molecular weight is 485 g/mol. The van der Waals surface area contributed by atoms with Gasteiger partial charge in [-0.3, -0.25) is 18.9 Å². The Morgan fingerprint density at radius 3 is 2.53 bits per heavy atom. The maximum absolute atomic E-state index is 13.2. The number of hydrogen-bond donors (Lipinski definition) is 2. The molecule has 2 aromatic heterocycles. The van der Waals surface area contributed by atoms with Gasteiger partial charge in [-0.25, -0.2) is 0 Å². The van der Waals surface area contributed by atoms with Gasteiger partial charge in [0, 0.05) is 25.8 Å². The molecule has 1 aliphatic carbocycles. The zero-order valence-corrected chi connectivity index (χ0v) is 20.4. The number of carbonyl (C=O) groups is 1. The number of likely N-dealkylation sites (tertiary alicyclic amines) is 1. The van der Waals surface area contributed by atoms with E-state index in [2.05, 4.69) is 16.3 Å². The van der Waals surface area contributed by atoms with E-state index in [1.165, 1.54) is 4.40 Å². The number of aromatic nitrogens is 1. The molecule has 1 saturated heterocycles. The summed E-state index contributed by atoms with van der Waals surface area (Å²) < 4.78 is 1.54. The van der Waals surface area contributed by atoms with Crippen molar-refractivity contribution < 1.29 is 9.90 Å². The summed E-state index contributed by atoms with van der Waals surface area (Å²) in [7, 11) is 0. The van der Waals surface area contributed by atoms with Gasteiger partial charge in [0.1, 0.15) is 5.56 Å². The lowest BCUT2D eigenvalue weighted by Crippen LogP contribution is -2.46. The Bertz CT molecular complexity index is 1340. The van der Waals surface area contributed by atoms with E-state index in [4.69, 9.17) is 0 Å². The lowest BCUT2D eigenvalue weighted by molar-refractivity contribution is 0.0716. The molecule has 2 aliphatic rings. The first-order chi connectivity index (χ1) is 17.5. The molecule has 1 aliphatic heterocycles. The Balaban J connectivity index is 1.39. The van der Waals surface area contributed by atoms with Crippen molar-refractivity contribution in [3.8, 4) is 6.07 Å². The van der Waals surface area contributed by atoms with Crippen LogP contribution < -0.4 is 10.9 Å². The lowest BCUT2D eigenvalue weighted by Gasteiger charge is -2.37. The van der Waals surface area contributed by atoms with Crippen LogP contribution >= 0.6 is 0 Å². The van der Waals surface area contributed by atoms with Crippen LogP contribution in [0.25, 0.3) is 5.52 Å². The van der Waals surface area contributed by atoms with Crippen molar-refractivity contribution >= 4 is 11.4 Å². The van der Waals surface area contributed by atoms with Crippen LogP contribution in [0.5, 0.6) is 0 Å². The highest BCUT2D eigenvalue weighted by molar-refractivity contribution is 5.94. The summed E-state index contributed by atoms with van der Waals surface area (Å²) in [5, 5.41) is 23.2. The topological polar surface area (TPSA) is 97.8 Å². The summed E-state index contributed by atoms with van der Waals surface area (Å²) in [4.78, 5) is 28.7. The third-order valence-electron chi connectivity index (χ3n) is 7.89. The second kappa shape index (κ2) is 10.3. The van der Waals surface area contributed by atoms with E-state index in [0.717, 1.165) is 55.4 Å². The maximum atomic E-state index is 13.2. The van der Waals surface area contributed by atoms with Crippen LogP contribution in [0, 0.1) is 11.3 Å². The van der Waals surface area contributed by atoms with Crippen LogP contribution in [0.2, 0.25) is 0 Å². The predicted octanol–water partition coefficient (Wildman–Crippen LogP) is 3.39. The highest BCUT2D eigenvalue weighted by Gasteiger charge is 2.36. The number of nitrogens with one attached hydrogen (secondary N) is 1. The highest BCUT2D eigenvalue weighted by Crippen LogP contribution is 2.35. The summed E-state index contributed by atoms with van der Waals surface area (Å²) in [5.41, 5.74) is 1.99. The SMILES string of the molecule is N#CC1(c2ccccc2)CCN(Cc2cc(C(=O)N[C@H]3CCCC[C@@H]3O)c(=O)n3ccccc23)CC1. The van der Waals surface area contributed by atoms with Gasteiger partial charge in [0.05, 0.1) is 29.1 Å². The fraction of sp³-hybridized carbons (Fsp3) is 0.414. The van der Waals surface area contributed by atoms with Gasteiger partial charge in [-0.2, -0.15) is 5.26 Å². The van der Waals surface area contributed by atoms with E-state index in [9.17, 15) is 20.0 Å². The molecule has 186 valence electrons. The normalized spacial score (nSPS) is 22.1. The standard InChI is InChI=1S/C29H32N4O3/c30-20-29(22-8-2-1-3-9-22)13-16-32(17-14-29)19-21-18-23(28(36)33-15-7-6-11-25(21)33)27(35)31-24-10-4-5-12-26(24)34/h1-3,6-9,11,15,18,24,26,34H,4-5,10,12-14,16-17,19H2,(H,31,35)/t24-,26-/m0/s1. The van der Waals surface area contributed by atoms with Gasteiger partial charge >= 0.3 is 0 Å². The number of pyridine rings is 2. The lowest BCUT2D eigenvalue weighted by atomic mass is 9.74. The summed E-state index contributed by atoms with van der Waals surface area (Å²) in [6.07, 6.45) is 5.84. The summed E-state index contributed by atoms with van der Waals surface area (Å²) in [6.45, 7) is 2.07. The quantitative estimate of drug-likeness (QED) is 0.579. The van der Waals surface area contributed by atoms with Crippen LogP contribution in [0.1, 0.15) is 60.0 Å². The summed E-state index contributed by atoms with van der Waals surface area (Å²) in [6, 6.07) is 19.5. The van der Waals surface area contributed by atoms with Crippen molar-refractivity contribution in [2.75, 3.05) is 13.1 Å². The zero-order chi connectivity index (χ0) is 25.1. The molecule has 0 spiro atoms. The number of rotatable bonds is 5. The van der Waals surface area contributed by atoms with Crippen molar-refractivity contribution in [1.29, 1.82) is 5.26 Å². The van der Waals surface area contributed by atoms with Crippen LogP contribution in [-0.4, -0.2) is 45.5 Å². The molecular formula is C29H32N4O3. The van der Waals surface area contributed by atoms with Crippen LogP contribution in [0.3, 0.4) is 0 Å². The predicted molar refractivity (Wildman–Crippen MR) is 138 cm³/mol. The van der Waals surface area contributed by atoms with E-state index in [1.54, 1.807) is 18.3 Å². The van der Waals surface area contributed by atoms with E-state index in [0.29, 0.717) is 19.4 Å².